The van der Waals surface area contributed by atoms with Crippen LogP contribution in [-0.2, 0) is 9.59 Å². The lowest BCUT2D eigenvalue weighted by Gasteiger charge is -2.19. The third-order valence-electron chi connectivity index (χ3n) is 1.82. The number of piperidine rings is 1. The van der Waals surface area contributed by atoms with Gasteiger partial charge in [-0.1, -0.05) is 0 Å². The van der Waals surface area contributed by atoms with E-state index in [0.29, 0.717) is 0 Å². The molecule has 1 saturated heterocycles. The second-order valence-electron chi connectivity index (χ2n) is 2.73. The molecule has 0 aromatic heterocycles. The van der Waals surface area contributed by atoms with Crippen LogP contribution < -0.4 is 5.32 Å². The first kappa shape index (κ1) is 8.59. The molecule has 0 aliphatic carbocycles. The predicted octanol–water partition coefficient (Wildman–Crippen LogP) is 0.359. The molecule has 0 radical (unpaired) electrons. The lowest BCUT2D eigenvalue weighted by atomic mass is 9.96. The van der Waals surface area contributed by atoms with Crippen molar-refractivity contribution in [3.63, 3.8) is 0 Å². The summed E-state index contributed by atoms with van der Waals surface area (Å²) in [5.41, 5.74) is 0. The van der Waals surface area contributed by atoms with E-state index in [1.807, 2.05) is 0 Å². The minimum Gasteiger partial charge on any atom is -0.356 e. The van der Waals surface area contributed by atoms with E-state index >= 15 is 0 Å². The molecule has 1 unspecified atom stereocenters. The number of hydrogen-bond donors (Lipinski definition) is 2. The summed E-state index contributed by atoms with van der Waals surface area (Å²) in [6, 6.07) is 0. The minimum absolute atomic E-state index is 0.00125. The zero-order valence-electron chi connectivity index (χ0n) is 6.17. The first-order valence-electron chi connectivity index (χ1n) is 3.69. The average Bonchev–Trinajstić information content (AvgIpc) is 1.93. The molecule has 1 fully saturated rings. The Morgan fingerprint density at radius 1 is 1.73 bits per heavy atom. The summed E-state index contributed by atoms with van der Waals surface area (Å²) in [7, 11) is 0. The molecule has 11 heavy (non-hydrogen) atoms. The monoisotopic (exact) mass is 173 g/mol. The predicted molar refractivity (Wildman–Crippen MR) is 44.3 cm³/mol. The maximum absolute atomic E-state index is 11.0. The van der Waals surface area contributed by atoms with Crippen LogP contribution >= 0.6 is 12.6 Å². The van der Waals surface area contributed by atoms with Crippen LogP contribution in [0, 0.1) is 5.92 Å². The molecule has 4 heteroatoms. The van der Waals surface area contributed by atoms with Gasteiger partial charge in [0, 0.05) is 18.9 Å². The van der Waals surface area contributed by atoms with Gasteiger partial charge >= 0.3 is 0 Å². The van der Waals surface area contributed by atoms with Crippen LogP contribution in [0.4, 0.5) is 0 Å². The average molecular weight is 173 g/mol. The van der Waals surface area contributed by atoms with Crippen LogP contribution in [0.15, 0.2) is 0 Å². The summed E-state index contributed by atoms with van der Waals surface area (Å²) in [5, 5.41) is 2.51. The van der Waals surface area contributed by atoms with Crippen LogP contribution in [-0.4, -0.2) is 17.6 Å². The van der Waals surface area contributed by atoms with Crippen molar-refractivity contribution < 1.29 is 9.59 Å². The summed E-state index contributed by atoms with van der Waals surface area (Å²) in [4.78, 5) is 21.6. The summed E-state index contributed by atoms with van der Waals surface area (Å²) in [6.45, 7) is 0.746. The number of thiol groups is 1. The lowest BCUT2D eigenvalue weighted by molar-refractivity contribution is -0.128. The molecule has 0 spiro atoms. The highest BCUT2D eigenvalue weighted by atomic mass is 32.1. The molecule has 0 bridgehead atoms. The van der Waals surface area contributed by atoms with Crippen molar-refractivity contribution in [3.8, 4) is 0 Å². The molecule has 1 N–H and O–H groups in total. The fourth-order valence-corrected chi connectivity index (χ4v) is 1.46. The number of carbonyl (C=O) groups is 2. The summed E-state index contributed by atoms with van der Waals surface area (Å²) in [5.74, 6) is -0.132. The topological polar surface area (TPSA) is 46.2 Å². The summed E-state index contributed by atoms with van der Waals surface area (Å²) >= 11 is 3.63. The van der Waals surface area contributed by atoms with Gasteiger partial charge in [-0.3, -0.25) is 9.59 Å². The molecule has 0 saturated carbocycles. The van der Waals surface area contributed by atoms with E-state index < -0.39 is 0 Å². The van der Waals surface area contributed by atoms with E-state index in [9.17, 15) is 9.59 Å². The molecular weight excluding hydrogens is 162 g/mol. The Kier molecular flexibility index (Phi) is 2.93. The smallest absolute Gasteiger partial charge is 0.223 e. The van der Waals surface area contributed by atoms with E-state index in [1.165, 1.54) is 0 Å². The van der Waals surface area contributed by atoms with E-state index in [0.717, 1.165) is 19.4 Å². The largest absolute Gasteiger partial charge is 0.356 e. The van der Waals surface area contributed by atoms with E-state index in [-0.39, 0.29) is 23.4 Å². The fourth-order valence-electron chi connectivity index (χ4n) is 1.24. The van der Waals surface area contributed by atoms with Crippen LogP contribution in [0.2, 0.25) is 0 Å². The number of hydrogen-bond acceptors (Lipinski definition) is 2. The van der Waals surface area contributed by atoms with Crippen molar-refractivity contribution in [3.05, 3.63) is 0 Å². The number of rotatable bonds is 2. The number of nitrogens with one attached hydrogen (secondary N) is 1. The third-order valence-corrected chi connectivity index (χ3v) is 2.00. The SMILES string of the molecule is O=C(S)CC1CCCNC1=O. The Morgan fingerprint density at radius 3 is 3.00 bits per heavy atom. The van der Waals surface area contributed by atoms with Gasteiger partial charge in [-0.2, -0.15) is 0 Å². The van der Waals surface area contributed by atoms with Gasteiger partial charge in [0.1, 0.15) is 0 Å². The first-order chi connectivity index (χ1) is 5.20. The highest BCUT2D eigenvalue weighted by Gasteiger charge is 2.22. The lowest BCUT2D eigenvalue weighted by Crippen LogP contribution is -2.37. The van der Waals surface area contributed by atoms with Crippen molar-refractivity contribution in [2.75, 3.05) is 6.54 Å². The Labute approximate surface area is 71.0 Å². The zero-order chi connectivity index (χ0) is 8.27. The highest BCUT2D eigenvalue weighted by Crippen LogP contribution is 2.16. The second-order valence-corrected chi connectivity index (χ2v) is 3.23. The van der Waals surface area contributed by atoms with Crippen molar-refractivity contribution >= 4 is 23.7 Å². The molecule has 62 valence electrons. The minimum atomic E-state index is -0.202. The zero-order valence-corrected chi connectivity index (χ0v) is 7.06. The molecule has 0 aromatic carbocycles. The highest BCUT2D eigenvalue weighted by molar-refractivity contribution is 7.96. The van der Waals surface area contributed by atoms with Crippen molar-refractivity contribution in [1.82, 2.24) is 5.32 Å². The second kappa shape index (κ2) is 3.76. The van der Waals surface area contributed by atoms with Gasteiger partial charge in [-0.05, 0) is 12.8 Å². The quantitative estimate of drug-likeness (QED) is 0.592. The number of carbonyl (C=O) groups excluding carboxylic acids is 2. The van der Waals surface area contributed by atoms with Crippen molar-refractivity contribution in [2.24, 2.45) is 5.92 Å². The van der Waals surface area contributed by atoms with E-state index in [2.05, 4.69) is 17.9 Å². The van der Waals surface area contributed by atoms with Crippen molar-refractivity contribution in [1.29, 1.82) is 0 Å². The van der Waals surface area contributed by atoms with E-state index in [4.69, 9.17) is 0 Å². The standard InChI is InChI=1S/C7H11NO2S/c9-6(11)4-5-2-1-3-8-7(5)10/h5H,1-4H2,(H,8,10)(H,9,11). The normalized spacial score (nSPS) is 24.5. The van der Waals surface area contributed by atoms with Crippen molar-refractivity contribution in [2.45, 2.75) is 19.3 Å². The fraction of sp³-hybridized carbons (Fsp3) is 0.714. The summed E-state index contributed by atoms with van der Waals surface area (Å²) < 4.78 is 0. The van der Waals surface area contributed by atoms with Gasteiger partial charge < -0.3 is 5.32 Å². The first-order valence-corrected chi connectivity index (χ1v) is 4.14. The third kappa shape index (κ3) is 2.54. The molecule has 1 atom stereocenters. The Morgan fingerprint density at radius 2 is 2.45 bits per heavy atom. The van der Waals surface area contributed by atoms with Crippen LogP contribution in [0.1, 0.15) is 19.3 Å². The van der Waals surface area contributed by atoms with Gasteiger partial charge in [0.2, 0.25) is 5.91 Å². The maximum Gasteiger partial charge on any atom is 0.223 e. The van der Waals surface area contributed by atoms with Gasteiger partial charge in [-0.25, -0.2) is 0 Å². The van der Waals surface area contributed by atoms with Crippen LogP contribution in [0.3, 0.4) is 0 Å². The molecular formula is C7H11NO2S. The van der Waals surface area contributed by atoms with Gasteiger partial charge in [0.15, 0.2) is 5.12 Å². The maximum atomic E-state index is 11.0. The molecule has 1 aliphatic rings. The number of amides is 1. The molecule has 0 aromatic rings. The molecule has 1 amide bonds. The van der Waals surface area contributed by atoms with Gasteiger partial charge in [0.25, 0.3) is 0 Å². The van der Waals surface area contributed by atoms with Crippen LogP contribution in [0.25, 0.3) is 0 Å². The molecule has 1 heterocycles. The Balaban J connectivity index is 2.42. The van der Waals surface area contributed by atoms with Gasteiger partial charge in [0.05, 0.1) is 0 Å². The van der Waals surface area contributed by atoms with Gasteiger partial charge in [-0.15, -0.1) is 12.6 Å². The Bertz CT molecular complexity index is 181. The van der Waals surface area contributed by atoms with Crippen LogP contribution in [0.5, 0.6) is 0 Å². The molecule has 1 rings (SSSR count). The Hall–Kier alpha value is -0.510. The molecule has 3 nitrogen and oxygen atoms in total. The summed E-state index contributed by atoms with van der Waals surface area (Å²) in [6.07, 6.45) is 2.06. The van der Waals surface area contributed by atoms with E-state index in [1.54, 1.807) is 0 Å². The molecule has 1 aliphatic heterocycles.